The Kier molecular flexibility index (Phi) is 3.58. The first-order valence-corrected chi connectivity index (χ1v) is 7.07. The molecule has 1 heterocycles. The Balaban J connectivity index is 2.04. The first-order valence-electron chi connectivity index (χ1n) is 7.07. The van der Waals surface area contributed by atoms with Crippen LogP contribution in [0.3, 0.4) is 0 Å². The summed E-state index contributed by atoms with van der Waals surface area (Å²) in [6.07, 6.45) is 3.30. The van der Waals surface area contributed by atoms with Gasteiger partial charge >= 0.3 is 6.09 Å². The largest absolute Gasteiger partial charge is 0.444 e. The fourth-order valence-corrected chi connectivity index (χ4v) is 3.26. The molecular weight excluding hydrogens is 228 g/mol. The summed E-state index contributed by atoms with van der Waals surface area (Å²) in [4.78, 5) is 14.2. The van der Waals surface area contributed by atoms with E-state index in [1.807, 2.05) is 32.7 Å². The molecule has 1 saturated carbocycles. The summed E-state index contributed by atoms with van der Waals surface area (Å²) in [6, 6.07) is 1.15. The van der Waals surface area contributed by atoms with Crippen molar-refractivity contribution in [2.75, 3.05) is 7.05 Å². The first kappa shape index (κ1) is 13.7. The number of carbonyl (C=O) groups excluding carboxylic acids is 1. The van der Waals surface area contributed by atoms with Crippen molar-refractivity contribution in [3.05, 3.63) is 0 Å². The molecule has 0 spiro atoms. The molecule has 0 aromatic heterocycles. The van der Waals surface area contributed by atoms with Gasteiger partial charge in [-0.2, -0.15) is 0 Å². The number of rotatable bonds is 3. The third-order valence-corrected chi connectivity index (χ3v) is 4.23. The van der Waals surface area contributed by atoms with Crippen molar-refractivity contribution in [3.63, 3.8) is 0 Å². The van der Waals surface area contributed by atoms with Crippen molar-refractivity contribution < 1.29 is 9.53 Å². The molecule has 4 unspecified atom stereocenters. The molecule has 1 aliphatic carbocycles. The number of fused-ring (bicyclic) bond motifs is 1. The van der Waals surface area contributed by atoms with Crippen molar-refractivity contribution in [1.82, 2.24) is 10.2 Å². The number of piperidine rings is 1. The van der Waals surface area contributed by atoms with E-state index in [4.69, 9.17) is 4.74 Å². The molecule has 104 valence electrons. The van der Waals surface area contributed by atoms with Crippen LogP contribution in [0.5, 0.6) is 0 Å². The smallest absolute Gasteiger partial charge is 0.410 e. The third kappa shape index (κ3) is 2.22. The highest BCUT2D eigenvalue weighted by molar-refractivity contribution is 5.71. The normalized spacial score (nSPS) is 32.1. The van der Waals surface area contributed by atoms with Gasteiger partial charge in [-0.15, -0.1) is 0 Å². The summed E-state index contributed by atoms with van der Waals surface area (Å²) in [7, 11) is 1.98. The second kappa shape index (κ2) is 4.72. The van der Waals surface area contributed by atoms with Crippen LogP contribution in [0.4, 0.5) is 4.79 Å². The molecule has 2 fully saturated rings. The zero-order valence-corrected chi connectivity index (χ0v) is 12.2. The molecular formula is C14H26N2O2. The van der Waals surface area contributed by atoms with Gasteiger partial charge in [0.1, 0.15) is 5.60 Å². The van der Waals surface area contributed by atoms with Crippen LogP contribution >= 0.6 is 0 Å². The average molecular weight is 254 g/mol. The number of hydrogen-bond donors (Lipinski definition) is 1. The van der Waals surface area contributed by atoms with Crippen molar-refractivity contribution in [2.45, 2.75) is 70.7 Å². The quantitative estimate of drug-likeness (QED) is 0.840. The van der Waals surface area contributed by atoms with Gasteiger partial charge in [-0.05, 0) is 47.1 Å². The molecule has 1 saturated heterocycles. The molecule has 1 amide bonds. The molecule has 4 nitrogen and oxygen atoms in total. The van der Waals surface area contributed by atoms with E-state index in [1.54, 1.807) is 0 Å². The van der Waals surface area contributed by atoms with Gasteiger partial charge in [0.15, 0.2) is 0 Å². The van der Waals surface area contributed by atoms with E-state index in [9.17, 15) is 4.79 Å². The summed E-state index contributed by atoms with van der Waals surface area (Å²) in [5.41, 5.74) is -0.405. The molecule has 1 N–H and O–H groups in total. The molecule has 2 aliphatic rings. The molecule has 0 aromatic rings. The molecule has 18 heavy (non-hydrogen) atoms. The number of likely N-dealkylation sites (N-methyl/N-ethyl adjacent to an activating group) is 1. The number of ether oxygens (including phenoxy) is 1. The predicted octanol–water partition coefficient (Wildman–Crippen LogP) is 2.38. The van der Waals surface area contributed by atoms with E-state index in [0.717, 1.165) is 12.8 Å². The second-order valence-corrected chi connectivity index (χ2v) is 6.49. The lowest BCUT2D eigenvalue weighted by atomic mass is 9.63. The van der Waals surface area contributed by atoms with Crippen LogP contribution in [0, 0.1) is 5.92 Å². The van der Waals surface area contributed by atoms with Crippen LogP contribution in [0.1, 0.15) is 47.0 Å². The molecule has 0 aromatic carbocycles. The van der Waals surface area contributed by atoms with Gasteiger partial charge in [-0.25, -0.2) is 4.79 Å². The van der Waals surface area contributed by atoms with E-state index in [2.05, 4.69) is 12.2 Å². The number of nitrogens with one attached hydrogen (secondary N) is 1. The Morgan fingerprint density at radius 3 is 2.50 bits per heavy atom. The summed E-state index contributed by atoms with van der Waals surface area (Å²) < 4.78 is 5.52. The van der Waals surface area contributed by atoms with Crippen molar-refractivity contribution in [2.24, 2.45) is 5.92 Å². The zero-order valence-electron chi connectivity index (χ0n) is 12.2. The first-order chi connectivity index (χ1) is 8.39. The van der Waals surface area contributed by atoms with E-state index in [-0.39, 0.29) is 6.09 Å². The highest BCUT2D eigenvalue weighted by Gasteiger charge is 2.58. The summed E-state index contributed by atoms with van der Waals surface area (Å²) in [5, 5.41) is 3.34. The molecule has 1 aliphatic heterocycles. The Hall–Kier alpha value is -0.770. The summed E-state index contributed by atoms with van der Waals surface area (Å²) in [5.74, 6) is 0.690. The van der Waals surface area contributed by atoms with Crippen LogP contribution in [0.25, 0.3) is 0 Å². The highest BCUT2D eigenvalue weighted by Crippen LogP contribution is 2.49. The molecule has 2 rings (SSSR count). The van der Waals surface area contributed by atoms with Gasteiger partial charge in [0.05, 0.1) is 6.04 Å². The lowest BCUT2D eigenvalue weighted by molar-refractivity contribution is -0.127. The number of amides is 1. The van der Waals surface area contributed by atoms with E-state index in [0.29, 0.717) is 24.0 Å². The van der Waals surface area contributed by atoms with Crippen molar-refractivity contribution in [3.8, 4) is 0 Å². The van der Waals surface area contributed by atoms with Gasteiger partial charge in [-0.3, -0.25) is 4.90 Å². The lowest BCUT2D eigenvalue weighted by Crippen LogP contribution is -2.75. The number of nitrogens with zero attached hydrogens (tertiary/aromatic N) is 1. The monoisotopic (exact) mass is 254 g/mol. The fourth-order valence-electron chi connectivity index (χ4n) is 3.26. The summed E-state index contributed by atoms with van der Waals surface area (Å²) in [6.45, 7) is 7.94. The van der Waals surface area contributed by atoms with Gasteiger partial charge in [0.2, 0.25) is 0 Å². The number of likely N-dealkylation sites (tertiary alicyclic amines) is 1. The maximum absolute atomic E-state index is 12.3. The van der Waals surface area contributed by atoms with Crippen molar-refractivity contribution >= 4 is 6.09 Å². The second-order valence-electron chi connectivity index (χ2n) is 6.49. The van der Waals surface area contributed by atoms with Crippen LogP contribution in [0.2, 0.25) is 0 Å². The maximum atomic E-state index is 12.3. The van der Waals surface area contributed by atoms with Gasteiger partial charge < -0.3 is 10.1 Å². The minimum absolute atomic E-state index is 0.137. The fraction of sp³-hybridized carbons (Fsp3) is 0.929. The highest BCUT2D eigenvalue weighted by atomic mass is 16.6. The average Bonchev–Trinajstić information content (AvgIpc) is 2.22. The Morgan fingerprint density at radius 1 is 1.44 bits per heavy atom. The number of hydrogen-bond acceptors (Lipinski definition) is 3. The topological polar surface area (TPSA) is 41.6 Å². The van der Waals surface area contributed by atoms with E-state index >= 15 is 0 Å². The van der Waals surface area contributed by atoms with Crippen LogP contribution in [-0.4, -0.2) is 41.8 Å². The molecule has 4 heteroatoms. The summed E-state index contributed by atoms with van der Waals surface area (Å²) >= 11 is 0. The molecule has 0 radical (unpaired) electrons. The third-order valence-electron chi connectivity index (χ3n) is 4.23. The van der Waals surface area contributed by atoms with Gasteiger partial charge in [-0.1, -0.05) is 6.92 Å². The number of carbonyl (C=O) groups is 1. The Bertz CT molecular complexity index is 320. The standard InChI is InChI=1S/C14H26N2O2/c1-6-10(15-5)12-9-7-8-11(9)16(12)13(17)18-14(2,3)4/h9-12,15H,6-8H2,1-5H3. The predicted molar refractivity (Wildman–Crippen MR) is 71.5 cm³/mol. The van der Waals surface area contributed by atoms with Gasteiger partial charge in [0, 0.05) is 18.0 Å². The maximum Gasteiger partial charge on any atom is 0.410 e. The van der Waals surface area contributed by atoms with Gasteiger partial charge in [0.25, 0.3) is 0 Å². The zero-order chi connectivity index (χ0) is 13.5. The lowest BCUT2D eigenvalue weighted by Gasteiger charge is -2.63. The Labute approximate surface area is 110 Å². The SMILES string of the molecule is CCC(NC)C1C2CCC2N1C(=O)OC(C)(C)C. The molecule has 0 bridgehead atoms. The van der Waals surface area contributed by atoms with Crippen LogP contribution in [0.15, 0.2) is 0 Å². The Morgan fingerprint density at radius 2 is 2.11 bits per heavy atom. The van der Waals surface area contributed by atoms with Crippen molar-refractivity contribution in [1.29, 1.82) is 0 Å². The minimum atomic E-state index is -0.405. The van der Waals surface area contributed by atoms with Crippen LogP contribution in [-0.2, 0) is 4.74 Å². The minimum Gasteiger partial charge on any atom is -0.444 e. The molecule has 4 atom stereocenters. The van der Waals surface area contributed by atoms with E-state index in [1.165, 1.54) is 6.42 Å². The van der Waals surface area contributed by atoms with E-state index < -0.39 is 5.60 Å². The van der Waals surface area contributed by atoms with Crippen LogP contribution < -0.4 is 5.32 Å².